The molecule has 2 N–H and O–H groups in total. The van der Waals surface area contributed by atoms with Crippen LogP contribution in [0.4, 0.5) is 0 Å². The van der Waals surface area contributed by atoms with E-state index < -0.39 is 0 Å². The average molecular weight is 297 g/mol. The molecule has 1 aliphatic carbocycles. The summed E-state index contributed by atoms with van der Waals surface area (Å²) in [7, 11) is 0. The maximum absolute atomic E-state index is 6.45. The van der Waals surface area contributed by atoms with Gasteiger partial charge in [-0.05, 0) is 43.4 Å². The van der Waals surface area contributed by atoms with Crippen LogP contribution in [0.15, 0.2) is 0 Å². The van der Waals surface area contributed by atoms with Gasteiger partial charge in [0.2, 0.25) is 0 Å². The van der Waals surface area contributed by atoms with Crippen LogP contribution in [-0.4, -0.2) is 29.6 Å². The van der Waals surface area contributed by atoms with E-state index in [0.717, 1.165) is 18.4 Å². The second-order valence-corrected chi connectivity index (χ2v) is 7.92. The van der Waals surface area contributed by atoms with E-state index in [0.29, 0.717) is 12.0 Å². The van der Waals surface area contributed by atoms with E-state index in [2.05, 4.69) is 46.4 Å². The molecule has 126 valence electrons. The van der Waals surface area contributed by atoms with E-state index in [4.69, 9.17) is 5.73 Å². The summed E-state index contributed by atoms with van der Waals surface area (Å²) in [4.78, 5) is 2.85. The maximum Gasteiger partial charge on any atom is 0.0365 e. The van der Waals surface area contributed by atoms with Crippen LogP contribution in [0.2, 0.25) is 0 Å². The maximum atomic E-state index is 6.45. The topological polar surface area (TPSA) is 29.3 Å². The fraction of sp³-hybridized carbons (Fsp3) is 1.00. The van der Waals surface area contributed by atoms with Gasteiger partial charge in [-0.2, -0.15) is 0 Å². The van der Waals surface area contributed by atoms with Crippen molar-refractivity contribution in [2.75, 3.05) is 13.1 Å². The Balaban J connectivity index is 3.17. The van der Waals surface area contributed by atoms with Crippen molar-refractivity contribution in [1.29, 1.82) is 0 Å². The van der Waals surface area contributed by atoms with E-state index >= 15 is 0 Å². The third kappa shape index (κ3) is 4.22. The highest BCUT2D eigenvalue weighted by Gasteiger charge is 2.47. The van der Waals surface area contributed by atoms with Gasteiger partial charge in [0.25, 0.3) is 0 Å². The predicted octanol–water partition coefficient (Wildman–Crippen LogP) is 4.68. The van der Waals surface area contributed by atoms with Crippen molar-refractivity contribution in [3.05, 3.63) is 0 Å². The molecule has 0 saturated heterocycles. The molecule has 0 aromatic rings. The first kappa shape index (κ1) is 19.0. The Bertz CT molecular complexity index is 283. The Morgan fingerprint density at radius 1 is 1.10 bits per heavy atom. The lowest BCUT2D eigenvalue weighted by Crippen LogP contribution is -2.64. The molecule has 0 heterocycles. The van der Waals surface area contributed by atoms with E-state index in [9.17, 15) is 0 Å². The van der Waals surface area contributed by atoms with Gasteiger partial charge in [-0.25, -0.2) is 0 Å². The highest BCUT2D eigenvalue weighted by atomic mass is 15.2. The molecular weight excluding hydrogens is 256 g/mol. The normalized spacial score (nSPS) is 27.3. The van der Waals surface area contributed by atoms with Gasteiger partial charge in [0.05, 0.1) is 0 Å². The van der Waals surface area contributed by atoms with Crippen molar-refractivity contribution >= 4 is 0 Å². The first-order valence-corrected chi connectivity index (χ1v) is 9.39. The number of nitrogens with zero attached hydrogens (tertiary/aromatic N) is 1. The van der Waals surface area contributed by atoms with Crippen LogP contribution >= 0.6 is 0 Å². The molecule has 2 unspecified atom stereocenters. The lowest BCUT2D eigenvalue weighted by molar-refractivity contribution is -0.0494. The molecule has 0 radical (unpaired) electrons. The molecule has 1 rings (SSSR count). The third-order valence-electron chi connectivity index (χ3n) is 5.74. The molecule has 0 spiro atoms. The number of nitrogens with two attached hydrogens (primary N) is 1. The van der Waals surface area contributed by atoms with Crippen LogP contribution in [-0.2, 0) is 0 Å². The Labute approximate surface area is 133 Å². The van der Waals surface area contributed by atoms with Crippen LogP contribution in [0, 0.1) is 17.8 Å². The van der Waals surface area contributed by atoms with Crippen LogP contribution in [0.3, 0.4) is 0 Å². The number of rotatable bonds is 8. The molecule has 1 aliphatic rings. The van der Waals surface area contributed by atoms with E-state index in [1.165, 1.54) is 45.1 Å². The fourth-order valence-corrected chi connectivity index (χ4v) is 4.75. The Hall–Kier alpha value is -0.0800. The van der Waals surface area contributed by atoms with Crippen LogP contribution in [0.1, 0.15) is 80.1 Å². The number of hydrogen-bond acceptors (Lipinski definition) is 2. The largest absolute Gasteiger partial charge is 0.329 e. The van der Waals surface area contributed by atoms with Crippen LogP contribution in [0.25, 0.3) is 0 Å². The van der Waals surface area contributed by atoms with Gasteiger partial charge >= 0.3 is 0 Å². The molecule has 1 fully saturated rings. The zero-order valence-electron chi connectivity index (χ0n) is 15.5. The minimum absolute atomic E-state index is 0.243. The smallest absolute Gasteiger partial charge is 0.0365 e. The van der Waals surface area contributed by atoms with Crippen molar-refractivity contribution in [1.82, 2.24) is 4.90 Å². The standard InChI is InChI=1S/C19H40N2/c1-7-17(8-2)21(13-15(3)4)19(14-20)12-10-9-11-18(19)16(5)6/h15-18H,7-14,20H2,1-6H3. The Morgan fingerprint density at radius 2 is 1.71 bits per heavy atom. The van der Waals surface area contributed by atoms with Crippen molar-refractivity contribution in [2.45, 2.75) is 91.6 Å². The van der Waals surface area contributed by atoms with Crippen molar-refractivity contribution < 1.29 is 0 Å². The summed E-state index contributed by atoms with van der Waals surface area (Å²) in [6.07, 6.45) is 7.91. The van der Waals surface area contributed by atoms with E-state index in [-0.39, 0.29) is 5.54 Å². The summed E-state index contributed by atoms with van der Waals surface area (Å²) in [5.41, 5.74) is 6.69. The molecule has 2 heteroatoms. The van der Waals surface area contributed by atoms with Crippen molar-refractivity contribution in [2.24, 2.45) is 23.5 Å². The van der Waals surface area contributed by atoms with Gasteiger partial charge < -0.3 is 5.73 Å². The highest BCUT2D eigenvalue weighted by molar-refractivity contribution is 5.02. The summed E-state index contributed by atoms with van der Waals surface area (Å²) in [6.45, 7) is 16.2. The van der Waals surface area contributed by atoms with Crippen LogP contribution < -0.4 is 5.73 Å². The van der Waals surface area contributed by atoms with Gasteiger partial charge in [0, 0.05) is 24.7 Å². The second-order valence-electron chi connectivity index (χ2n) is 7.92. The SMILES string of the molecule is CCC(CC)N(CC(C)C)C1(CN)CCCCC1C(C)C. The summed E-state index contributed by atoms with van der Waals surface area (Å²) >= 11 is 0. The highest BCUT2D eigenvalue weighted by Crippen LogP contribution is 2.43. The molecule has 0 amide bonds. The van der Waals surface area contributed by atoms with E-state index in [1.807, 2.05) is 0 Å². The lowest BCUT2D eigenvalue weighted by atomic mass is 9.66. The summed E-state index contributed by atoms with van der Waals surface area (Å²) < 4.78 is 0. The van der Waals surface area contributed by atoms with Gasteiger partial charge in [-0.3, -0.25) is 4.90 Å². The van der Waals surface area contributed by atoms with Gasteiger partial charge in [-0.1, -0.05) is 54.4 Å². The summed E-state index contributed by atoms with van der Waals surface area (Å²) in [6, 6.07) is 0.690. The van der Waals surface area contributed by atoms with Gasteiger partial charge in [0.1, 0.15) is 0 Å². The quantitative estimate of drug-likeness (QED) is 0.705. The lowest BCUT2D eigenvalue weighted by Gasteiger charge is -2.55. The molecule has 1 saturated carbocycles. The molecule has 21 heavy (non-hydrogen) atoms. The molecular formula is C19H40N2. The predicted molar refractivity (Wildman–Crippen MR) is 94.5 cm³/mol. The molecule has 0 aromatic carbocycles. The third-order valence-corrected chi connectivity index (χ3v) is 5.74. The first-order valence-electron chi connectivity index (χ1n) is 9.39. The van der Waals surface area contributed by atoms with Gasteiger partial charge in [0.15, 0.2) is 0 Å². The zero-order valence-corrected chi connectivity index (χ0v) is 15.5. The zero-order chi connectivity index (χ0) is 16.0. The Morgan fingerprint density at radius 3 is 2.14 bits per heavy atom. The molecule has 0 aliphatic heterocycles. The molecule has 2 nitrogen and oxygen atoms in total. The molecule has 0 aromatic heterocycles. The first-order chi connectivity index (χ1) is 9.92. The minimum Gasteiger partial charge on any atom is -0.329 e. The monoisotopic (exact) mass is 296 g/mol. The number of hydrogen-bond donors (Lipinski definition) is 1. The minimum atomic E-state index is 0.243. The van der Waals surface area contributed by atoms with Gasteiger partial charge in [-0.15, -0.1) is 0 Å². The molecule has 2 atom stereocenters. The Kier molecular flexibility index (Phi) is 7.70. The summed E-state index contributed by atoms with van der Waals surface area (Å²) in [5, 5.41) is 0. The van der Waals surface area contributed by atoms with Crippen LogP contribution in [0.5, 0.6) is 0 Å². The summed E-state index contributed by atoms with van der Waals surface area (Å²) in [5.74, 6) is 2.21. The van der Waals surface area contributed by atoms with Crippen molar-refractivity contribution in [3.8, 4) is 0 Å². The van der Waals surface area contributed by atoms with E-state index in [1.54, 1.807) is 0 Å². The average Bonchev–Trinajstić information content (AvgIpc) is 2.46. The molecule has 0 bridgehead atoms. The second kappa shape index (κ2) is 8.53. The van der Waals surface area contributed by atoms with Crippen molar-refractivity contribution in [3.63, 3.8) is 0 Å². The fourth-order valence-electron chi connectivity index (χ4n) is 4.75.